The SMILES string of the molecule is CCCC(C)C(O)C1(C#N)CC2CCC1O2. The van der Waals surface area contributed by atoms with Gasteiger partial charge in [-0.2, -0.15) is 5.26 Å². The van der Waals surface area contributed by atoms with E-state index in [1.54, 1.807) is 0 Å². The van der Waals surface area contributed by atoms with Gasteiger partial charge in [0.25, 0.3) is 0 Å². The lowest BCUT2D eigenvalue weighted by atomic mass is 9.67. The Morgan fingerprint density at radius 1 is 1.56 bits per heavy atom. The van der Waals surface area contributed by atoms with Crippen molar-refractivity contribution in [3.8, 4) is 6.07 Å². The van der Waals surface area contributed by atoms with Gasteiger partial charge in [0, 0.05) is 0 Å². The molecule has 0 amide bonds. The molecule has 0 aromatic rings. The molecule has 2 bridgehead atoms. The topological polar surface area (TPSA) is 53.2 Å². The number of ether oxygens (including phenoxy) is 1. The van der Waals surface area contributed by atoms with Gasteiger partial charge in [0.15, 0.2) is 0 Å². The molecule has 0 aromatic carbocycles. The van der Waals surface area contributed by atoms with Gasteiger partial charge < -0.3 is 9.84 Å². The highest BCUT2D eigenvalue weighted by Gasteiger charge is 2.57. The number of aliphatic hydroxyl groups is 1. The van der Waals surface area contributed by atoms with Crippen molar-refractivity contribution in [1.82, 2.24) is 0 Å². The molecule has 2 fully saturated rings. The van der Waals surface area contributed by atoms with Crippen molar-refractivity contribution >= 4 is 0 Å². The number of hydrogen-bond donors (Lipinski definition) is 1. The minimum atomic E-state index is -0.627. The monoisotopic (exact) mass is 223 g/mol. The first-order valence-corrected chi connectivity index (χ1v) is 6.38. The average Bonchev–Trinajstić information content (AvgIpc) is 2.88. The summed E-state index contributed by atoms with van der Waals surface area (Å²) in [5, 5.41) is 19.9. The summed E-state index contributed by atoms with van der Waals surface area (Å²) in [5.41, 5.74) is -0.627. The van der Waals surface area contributed by atoms with Gasteiger partial charge in [-0.05, 0) is 31.6 Å². The highest BCUT2D eigenvalue weighted by molar-refractivity contribution is 5.16. The first-order chi connectivity index (χ1) is 7.64. The third-order valence-electron chi connectivity index (χ3n) is 4.27. The van der Waals surface area contributed by atoms with E-state index >= 15 is 0 Å². The highest BCUT2D eigenvalue weighted by atomic mass is 16.5. The molecule has 2 aliphatic rings. The summed E-state index contributed by atoms with van der Waals surface area (Å²) in [6.45, 7) is 4.15. The molecule has 5 unspecified atom stereocenters. The van der Waals surface area contributed by atoms with E-state index in [1.165, 1.54) is 0 Å². The van der Waals surface area contributed by atoms with Crippen molar-refractivity contribution < 1.29 is 9.84 Å². The maximum atomic E-state index is 10.4. The van der Waals surface area contributed by atoms with Crippen LogP contribution in [0.15, 0.2) is 0 Å². The summed E-state index contributed by atoms with van der Waals surface area (Å²) in [5.74, 6) is 0.188. The molecule has 0 aromatic heterocycles. The van der Waals surface area contributed by atoms with Crippen LogP contribution in [0.25, 0.3) is 0 Å². The Balaban J connectivity index is 2.13. The van der Waals surface area contributed by atoms with E-state index in [4.69, 9.17) is 4.74 Å². The number of nitrogens with zero attached hydrogens (tertiary/aromatic N) is 1. The Hall–Kier alpha value is -0.590. The van der Waals surface area contributed by atoms with Crippen LogP contribution in [0.5, 0.6) is 0 Å². The van der Waals surface area contributed by atoms with Crippen LogP contribution in [-0.2, 0) is 4.74 Å². The molecule has 0 aliphatic carbocycles. The van der Waals surface area contributed by atoms with Gasteiger partial charge in [0.1, 0.15) is 5.41 Å². The normalized spacial score (nSPS) is 40.6. The van der Waals surface area contributed by atoms with Gasteiger partial charge in [0.05, 0.1) is 24.4 Å². The Labute approximate surface area is 97.4 Å². The van der Waals surface area contributed by atoms with Gasteiger partial charge in [-0.1, -0.05) is 20.3 Å². The molecule has 2 heterocycles. The lowest BCUT2D eigenvalue weighted by Crippen LogP contribution is -2.45. The van der Waals surface area contributed by atoms with Gasteiger partial charge in [-0.25, -0.2) is 0 Å². The summed E-state index contributed by atoms with van der Waals surface area (Å²) in [7, 11) is 0. The Kier molecular flexibility index (Phi) is 3.23. The predicted octanol–water partition coefficient (Wildman–Crippen LogP) is 2.24. The molecule has 0 saturated carbocycles. The van der Waals surface area contributed by atoms with E-state index in [0.717, 1.165) is 32.1 Å². The maximum absolute atomic E-state index is 10.4. The van der Waals surface area contributed by atoms with Gasteiger partial charge >= 0.3 is 0 Å². The Morgan fingerprint density at radius 2 is 2.31 bits per heavy atom. The first-order valence-electron chi connectivity index (χ1n) is 6.38. The molecule has 5 atom stereocenters. The van der Waals surface area contributed by atoms with Crippen molar-refractivity contribution in [2.45, 2.75) is 64.3 Å². The molecule has 0 spiro atoms. The molecular weight excluding hydrogens is 202 g/mol. The molecule has 3 heteroatoms. The lowest BCUT2D eigenvalue weighted by Gasteiger charge is -2.36. The van der Waals surface area contributed by atoms with E-state index < -0.39 is 11.5 Å². The van der Waals surface area contributed by atoms with Crippen LogP contribution in [-0.4, -0.2) is 23.4 Å². The fourth-order valence-electron chi connectivity index (χ4n) is 3.36. The minimum Gasteiger partial charge on any atom is -0.391 e. The number of hydrogen-bond acceptors (Lipinski definition) is 3. The van der Waals surface area contributed by atoms with Crippen LogP contribution < -0.4 is 0 Å². The number of aliphatic hydroxyl groups excluding tert-OH is 1. The molecule has 16 heavy (non-hydrogen) atoms. The second-order valence-electron chi connectivity index (χ2n) is 5.39. The van der Waals surface area contributed by atoms with E-state index in [0.29, 0.717) is 0 Å². The van der Waals surface area contributed by atoms with Crippen molar-refractivity contribution in [3.63, 3.8) is 0 Å². The third kappa shape index (κ3) is 1.65. The average molecular weight is 223 g/mol. The maximum Gasteiger partial charge on any atom is 0.112 e. The van der Waals surface area contributed by atoms with Crippen LogP contribution in [0.4, 0.5) is 0 Å². The fourth-order valence-corrected chi connectivity index (χ4v) is 3.36. The molecule has 2 rings (SSSR count). The van der Waals surface area contributed by atoms with Crippen LogP contribution in [0.1, 0.15) is 46.0 Å². The van der Waals surface area contributed by atoms with Gasteiger partial charge in [-0.3, -0.25) is 0 Å². The Bertz CT molecular complexity index is 299. The van der Waals surface area contributed by atoms with Gasteiger partial charge in [-0.15, -0.1) is 0 Å². The van der Waals surface area contributed by atoms with Crippen LogP contribution in [0.3, 0.4) is 0 Å². The summed E-state index contributed by atoms with van der Waals surface area (Å²) < 4.78 is 5.75. The first kappa shape index (κ1) is 11.9. The molecular formula is C13H21NO2. The van der Waals surface area contributed by atoms with E-state index in [1.807, 2.05) is 6.92 Å². The summed E-state index contributed by atoms with van der Waals surface area (Å²) in [6.07, 6.45) is 4.40. The number of fused-ring (bicyclic) bond motifs is 2. The van der Waals surface area contributed by atoms with Crippen LogP contribution in [0.2, 0.25) is 0 Å². The lowest BCUT2D eigenvalue weighted by molar-refractivity contribution is -0.0256. The van der Waals surface area contributed by atoms with Crippen molar-refractivity contribution in [2.75, 3.05) is 0 Å². The molecule has 0 radical (unpaired) electrons. The molecule has 2 aliphatic heterocycles. The fraction of sp³-hybridized carbons (Fsp3) is 0.923. The van der Waals surface area contributed by atoms with Gasteiger partial charge in [0.2, 0.25) is 0 Å². The highest BCUT2D eigenvalue weighted by Crippen LogP contribution is 2.51. The second kappa shape index (κ2) is 4.35. The molecule has 2 saturated heterocycles. The molecule has 90 valence electrons. The summed E-state index contributed by atoms with van der Waals surface area (Å²) >= 11 is 0. The van der Waals surface area contributed by atoms with Crippen molar-refractivity contribution in [1.29, 1.82) is 5.26 Å². The molecule has 1 N–H and O–H groups in total. The number of rotatable bonds is 4. The van der Waals surface area contributed by atoms with E-state index in [2.05, 4.69) is 13.0 Å². The second-order valence-corrected chi connectivity index (χ2v) is 5.39. The zero-order chi connectivity index (χ0) is 11.8. The quantitative estimate of drug-likeness (QED) is 0.795. The summed E-state index contributed by atoms with van der Waals surface area (Å²) in [4.78, 5) is 0. The largest absolute Gasteiger partial charge is 0.391 e. The zero-order valence-corrected chi connectivity index (χ0v) is 10.1. The summed E-state index contributed by atoms with van der Waals surface area (Å²) in [6, 6.07) is 2.37. The predicted molar refractivity (Wildman–Crippen MR) is 60.6 cm³/mol. The molecule has 3 nitrogen and oxygen atoms in total. The van der Waals surface area contributed by atoms with Crippen LogP contribution in [0, 0.1) is 22.7 Å². The van der Waals surface area contributed by atoms with Crippen molar-refractivity contribution in [2.24, 2.45) is 11.3 Å². The Morgan fingerprint density at radius 3 is 2.75 bits per heavy atom. The zero-order valence-electron chi connectivity index (χ0n) is 10.1. The van der Waals surface area contributed by atoms with Crippen molar-refractivity contribution in [3.05, 3.63) is 0 Å². The van der Waals surface area contributed by atoms with Crippen LogP contribution >= 0.6 is 0 Å². The minimum absolute atomic E-state index is 0.0307. The smallest absolute Gasteiger partial charge is 0.112 e. The number of nitriles is 1. The third-order valence-corrected chi connectivity index (χ3v) is 4.27. The van der Waals surface area contributed by atoms with E-state index in [9.17, 15) is 10.4 Å². The van der Waals surface area contributed by atoms with E-state index in [-0.39, 0.29) is 18.1 Å². The standard InChI is InChI=1S/C13H21NO2/c1-3-4-9(2)12(15)13(8-14)7-10-5-6-11(13)16-10/h9-12,15H,3-7H2,1-2H3.